The maximum absolute atomic E-state index is 13.3. The van der Waals surface area contributed by atoms with Gasteiger partial charge in [-0.2, -0.15) is 0 Å². The second-order valence-corrected chi connectivity index (χ2v) is 10.3. The SMILES string of the molecule is O=C(NCCC(=O)N1CCN([C@@H]2CS(=O)(=O)C[C@H]2O)CC1)c1cc(F)ccc1Br. The number of halogens is 2. The highest BCUT2D eigenvalue weighted by molar-refractivity contribution is 9.10. The molecule has 160 valence electrons. The van der Waals surface area contributed by atoms with E-state index in [2.05, 4.69) is 21.2 Å². The number of carbonyl (C=O) groups excluding carboxylic acids is 2. The van der Waals surface area contributed by atoms with Crippen molar-refractivity contribution in [2.75, 3.05) is 44.2 Å². The van der Waals surface area contributed by atoms with E-state index in [4.69, 9.17) is 0 Å². The van der Waals surface area contributed by atoms with E-state index in [1.807, 2.05) is 4.90 Å². The predicted octanol–water partition coefficient (Wildman–Crippen LogP) is 0.0102. The third-order valence-electron chi connectivity index (χ3n) is 5.23. The summed E-state index contributed by atoms with van der Waals surface area (Å²) in [7, 11) is -3.21. The van der Waals surface area contributed by atoms with Crippen molar-refractivity contribution in [3.8, 4) is 0 Å². The maximum Gasteiger partial charge on any atom is 0.252 e. The van der Waals surface area contributed by atoms with E-state index in [1.54, 1.807) is 4.90 Å². The first-order valence-corrected chi connectivity index (χ1v) is 11.9. The van der Waals surface area contributed by atoms with E-state index in [0.29, 0.717) is 30.7 Å². The van der Waals surface area contributed by atoms with Crippen LogP contribution < -0.4 is 5.32 Å². The molecule has 2 heterocycles. The van der Waals surface area contributed by atoms with Crippen molar-refractivity contribution in [1.29, 1.82) is 0 Å². The number of piperazine rings is 1. The number of benzene rings is 1. The molecule has 0 aromatic heterocycles. The summed E-state index contributed by atoms with van der Waals surface area (Å²) in [6.45, 7) is 1.98. The molecule has 29 heavy (non-hydrogen) atoms. The highest BCUT2D eigenvalue weighted by Gasteiger charge is 2.41. The maximum atomic E-state index is 13.3. The minimum absolute atomic E-state index is 0.0518. The molecule has 0 saturated carbocycles. The minimum Gasteiger partial charge on any atom is -0.390 e. The van der Waals surface area contributed by atoms with Crippen LogP contribution in [0.5, 0.6) is 0 Å². The molecule has 2 aliphatic heterocycles. The average molecular weight is 492 g/mol. The molecule has 2 amide bonds. The first kappa shape index (κ1) is 22.1. The average Bonchev–Trinajstić information content (AvgIpc) is 2.96. The van der Waals surface area contributed by atoms with Gasteiger partial charge in [0.2, 0.25) is 5.91 Å². The largest absolute Gasteiger partial charge is 0.390 e. The lowest BCUT2D eigenvalue weighted by Crippen LogP contribution is -2.55. The number of aliphatic hydroxyl groups is 1. The van der Waals surface area contributed by atoms with Crippen molar-refractivity contribution in [3.05, 3.63) is 34.1 Å². The fourth-order valence-corrected chi connectivity index (χ4v) is 5.93. The van der Waals surface area contributed by atoms with Gasteiger partial charge in [0.1, 0.15) is 5.82 Å². The molecular weight excluding hydrogens is 469 g/mol. The Morgan fingerprint density at radius 3 is 2.52 bits per heavy atom. The molecule has 2 N–H and O–H groups in total. The van der Waals surface area contributed by atoms with Gasteiger partial charge in [-0.25, -0.2) is 12.8 Å². The van der Waals surface area contributed by atoms with Crippen LogP contribution in [0, 0.1) is 5.82 Å². The normalized spacial score (nSPS) is 24.4. The fraction of sp³-hybridized carbons (Fsp3) is 0.556. The van der Waals surface area contributed by atoms with Crippen molar-refractivity contribution in [1.82, 2.24) is 15.1 Å². The zero-order valence-corrected chi connectivity index (χ0v) is 18.1. The summed E-state index contributed by atoms with van der Waals surface area (Å²) in [5.41, 5.74) is 0.163. The smallest absolute Gasteiger partial charge is 0.252 e. The summed E-state index contributed by atoms with van der Waals surface area (Å²) in [5.74, 6) is -1.37. The number of carbonyl (C=O) groups is 2. The lowest BCUT2D eigenvalue weighted by Gasteiger charge is -2.38. The summed E-state index contributed by atoms with van der Waals surface area (Å²) in [6, 6.07) is 3.39. The highest BCUT2D eigenvalue weighted by atomic mass is 79.9. The van der Waals surface area contributed by atoms with Crippen LogP contribution in [0.4, 0.5) is 4.39 Å². The molecule has 2 aliphatic rings. The monoisotopic (exact) mass is 491 g/mol. The van der Waals surface area contributed by atoms with Gasteiger partial charge >= 0.3 is 0 Å². The molecule has 0 unspecified atom stereocenters. The van der Waals surface area contributed by atoms with Crippen LogP contribution >= 0.6 is 15.9 Å². The Morgan fingerprint density at radius 1 is 1.21 bits per heavy atom. The second kappa shape index (κ2) is 9.07. The van der Waals surface area contributed by atoms with Crippen LogP contribution in [0.3, 0.4) is 0 Å². The first-order chi connectivity index (χ1) is 13.7. The third kappa shape index (κ3) is 5.53. The lowest BCUT2D eigenvalue weighted by atomic mass is 10.1. The van der Waals surface area contributed by atoms with Crippen LogP contribution in [-0.4, -0.2) is 91.5 Å². The number of nitrogens with zero attached hydrogens (tertiary/aromatic N) is 2. The van der Waals surface area contributed by atoms with Gasteiger partial charge in [0.15, 0.2) is 9.84 Å². The molecule has 8 nitrogen and oxygen atoms in total. The topological polar surface area (TPSA) is 107 Å². The van der Waals surface area contributed by atoms with Gasteiger partial charge in [-0.15, -0.1) is 0 Å². The van der Waals surface area contributed by atoms with Crippen molar-refractivity contribution in [2.45, 2.75) is 18.6 Å². The van der Waals surface area contributed by atoms with Crippen molar-refractivity contribution in [3.63, 3.8) is 0 Å². The molecule has 2 atom stereocenters. The Morgan fingerprint density at radius 2 is 1.90 bits per heavy atom. The Kier molecular flexibility index (Phi) is 6.92. The number of amides is 2. The number of sulfone groups is 1. The molecule has 2 saturated heterocycles. The van der Waals surface area contributed by atoms with Crippen molar-refractivity contribution < 1.29 is 27.5 Å². The van der Waals surface area contributed by atoms with Crippen LogP contribution in [-0.2, 0) is 14.6 Å². The molecule has 0 spiro atoms. The summed E-state index contributed by atoms with van der Waals surface area (Å²) in [6.07, 6.45) is -0.779. The molecule has 3 rings (SSSR count). The quantitative estimate of drug-likeness (QED) is 0.600. The van der Waals surface area contributed by atoms with Gasteiger partial charge in [-0.3, -0.25) is 14.5 Å². The van der Waals surface area contributed by atoms with Gasteiger partial charge in [0, 0.05) is 43.6 Å². The van der Waals surface area contributed by atoms with Crippen molar-refractivity contribution >= 4 is 37.6 Å². The number of hydrogen-bond acceptors (Lipinski definition) is 6. The van der Waals surface area contributed by atoms with E-state index >= 15 is 0 Å². The first-order valence-electron chi connectivity index (χ1n) is 9.30. The van der Waals surface area contributed by atoms with Gasteiger partial charge in [0.05, 0.1) is 29.2 Å². The Hall–Kier alpha value is -1.56. The standard InChI is InChI=1S/C18H23BrFN3O5S/c19-14-2-1-12(20)9-13(14)18(26)21-4-3-17(25)23-7-5-22(6-8-23)15-10-29(27,28)11-16(15)24/h1-2,9,15-16,24H,3-8,10-11H2,(H,21,26)/t15-,16-/m1/s1. The molecule has 1 aromatic rings. The predicted molar refractivity (Wildman–Crippen MR) is 108 cm³/mol. The third-order valence-corrected chi connectivity index (χ3v) is 7.62. The number of aliphatic hydroxyl groups excluding tert-OH is 1. The molecule has 0 aliphatic carbocycles. The van der Waals surface area contributed by atoms with Gasteiger partial charge in [0.25, 0.3) is 5.91 Å². The van der Waals surface area contributed by atoms with Gasteiger partial charge in [-0.1, -0.05) is 0 Å². The summed E-state index contributed by atoms with van der Waals surface area (Å²) in [4.78, 5) is 28.1. The molecule has 0 bridgehead atoms. The van der Waals surface area contributed by atoms with E-state index in [0.717, 1.165) is 6.07 Å². The number of nitrogens with one attached hydrogen (secondary N) is 1. The highest BCUT2D eigenvalue weighted by Crippen LogP contribution is 2.20. The molecular formula is C18H23BrFN3O5S. The van der Waals surface area contributed by atoms with Crippen LogP contribution in [0.2, 0.25) is 0 Å². The number of rotatable bonds is 5. The fourth-order valence-electron chi connectivity index (χ4n) is 3.67. The second-order valence-electron chi connectivity index (χ2n) is 7.26. The van der Waals surface area contributed by atoms with E-state index in [9.17, 15) is 27.5 Å². The Labute approximate surface area is 177 Å². The van der Waals surface area contributed by atoms with Gasteiger partial charge < -0.3 is 15.3 Å². The van der Waals surface area contributed by atoms with Crippen LogP contribution in [0.1, 0.15) is 16.8 Å². The molecule has 2 fully saturated rings. The summed E-state index contributed by atoms with van der Waals surface area (Å²) in [5, 5.41) is 12.6. The van der Waals surface area contributed by atoms with Crippen LogP contribution in [0.15, 0.2) is 22.7 Å². The van der Waals surface area contributed by atoms with Gasteiger partial charge in [-0.05, 0) is 34.1 Å². The summed E-state index contributed by atoms with van der Waals surface area (Å²) < 4.78 is 37.1. The Bertz CT molecular complexity index is 889. The Balaban J connectivity index is 1.43. The van der Waals surface area contributed by atoms with Crippen molar-refractivity contribution in [2.24, 2.45) is 0 Å². The zero-order chi connectivity index (χ0) is 21.2. The number of hydrogen-bond donors (Lipinski definition) is 2. The lowest BCUT2D eigenvalue weighted by molar-refractivity contribution is -0.133. The summed E-state index contributed by atoms with van der Waals surface area (Å²) >= 11 is 3.20. The van der Waals surface area contributed by atoms with Crippen LogP contribution in [0.25, 0.3) is 0 Å². The van der Waals surface area contributed by atoms with E-state index < -0.39 is 33.7 Å². The van der Waals surface area contributed by atoms with E-state index in [-0.39, 0.29) is 35.9 Å². The minimum atomic E-state index is -3.21. The molecule has 1 aromatic carbocycles. The van der Waals surface area contributed by atoms with E-state index in [1.165, 1.54) is 12.1 Å². The zero-order valence-electron chi connectivity index (χ0n) is 15.7. The molecule has 11 heteroatoms. The molecule has 0 radical (unpaired) electrons.